The van der Waals surface area contributed by atoms with Crippen molar-refractivity contribution < 1.29 is 0 Å². The molecule has 1 nitrogen and oxygen atoms in total. The summed E-state index contributed by atoms with van der Waals surface area (Å²) in [4.78, 5) is 0. The highest BCUT2D eigenvalue weighted by molar-refractivity contribution is 4.93. The van der Waals surface area contributed by atoms with Crippen molar-refractivity contribution >= 4 is 0 Å². The van der Waals surface area contributed by atoms with Gasteiger partial charge in [0.15, 0.2) is 0 Å². The molecule has 1 fully saturated rings. The molecule has 0 bridgehead atoms. The van der Waals surface area contributed by atoms with E-state index in [9.17, 15) is 0 Å². The summed E-state index contributed by atoms with van der Waals surface area (Å²) in [7, 11) is 0. The van der Waals surface area contributed by atoms with Gasteiger partial charge < -0.3 is 0 Å². The van der Waals surface area contributed by atoms with Gasteiger partial charge in [-0.05, 0) is 18.8 Å². The molecule has 1 heteroatoms. The average molecular weight is 139 g/mol. The molecular weight excluding hydrogens is 122 g/mol. The number of hydrogen-bond donors (Lipinski definition) is 0. The molecule has 1 rings (SSSR count). The Morgan fingerprint density at radius 2 is 1.90 bits per heavy atom. The zero-order valence-electron chi connectivity index (χ0n) is 7.22. The third-order valence-electron chi connectivity index (χ3n) is 2.00. The lowest BCUT2D eigenvalue weighted by molar-refractivity contribution is 0.239. The van der Waals surface area contributed by atoms with Crippen LogP contribution in [0, 0.1) is 23.2 Å². The first-order valence-electron chi connectivity index (χ1n) is 4.26. The molecule has 0 aromatic carbocycles. The first-order valence-corrected chi connectivity index (χ1v) is 4.26. The molecule has 0 spiro atoms. The van der Waals surface area contributed by atoms with Gasteiger partial charge in [-0.1, -0.05) is 27.2 Å². The summed E-state index contributed by atoms with van der Waals surface area (Å²) in [6.07, 6.45) is 3.58. The Morgan fingerprint density at radius 3 is 2.20 bits per heavy atom. The van der Waals surface area contributed by atoms with Crippen LogP contribution < -0.4 is 0 Å². The van der Waals surface area contributed by atoms with Crippen LogP contribution in [0.25, 0.3) is 0 Å². The van der Waals surface area contributed by atoms with Gasteiger partial charge in [0.2, 0.25) is 0 Å². The van der Waals surface area contributed by atoms with E-state index in [1.807, 2.05) is 13.8 Å². The highest BCUT2D eigenvalue weighted by Crippen LogP contribution is 2.34. The van der Waals surface area contributed by atoms with E-state index < -0.39 is 0 Å². The summed E-state index contributed by atoms with van der Waals surface area (Å²) < 4.78 is 0. The topological polar surface area (TPSA) is 23.8 Å². The second-order valence-electron chi connectivity index (χ2n) is 2.57. The van der Waals surface area contributed by atoms with Gasteiger partial charge in [-0.2, -0.15) is 5.26 Å². The lowest BCUT2D eigenvalue weighted by Crippen LogP contribution is -2.20. The van der Waals surface area contributed by atoms with E-state index in [-0.39, 0.29) is 0 Å². The minimum Gasteiger partial charge on any atom is -0.198 e. The molecule has 0 radical (unpaired) electrons. The molecule has 0 amide bonds. The lowest BCUT2D eigenvalue weighted by atomic mass is 9.74. The fourth-order valence-corrected chi connectivity index (χ4v) is 1.17. The van der Waals surface area contributed by atoms with Crippen LogP contribution in [0.15, 0.2) is 0 Å². The summed E-state index contributed by atoms with van der Waals surface area (Å²) in [5, 5.41) is 8.35. The molecule has 1 saturated carbocycles. The van der Waals surface area contributed by atoms with Crippen LogP contribution in [0.1, 0.15) is 40.0 Å². The molecule has 0 heterocycles. The van der Waals surface area contributed by atoms with Gasteiger partial charge in [0, 0.05) is 5.92 Å². The first-order chi connectivity index (χ1) is 4.86. The third kappa shape index (κ3) is 2.39. The third-order valence-corrected chi connectivity index (χ3v) is 2.00. The Kier molecular flexibility index (Phi) is 5.02. The molecule has 10 heavy (non-hydrogen) atoms. The predicted molar refractivity (Wildman–Crippen MR) is 43.5 cm³/mol. The smallest absolute Gasteiger partial charge is 0.0655 e. The van der Waals surface area contributed by atoms with Gasteiger partial charge in [-0.15, -0.1) is 0 Å². The normalized spacial score (nSPS) is 29.0. The maximum absolute atomic E-state index is 8.35. The van der Waals surface area contributed by atoms with Gasteiger partial charge in [-0.25, -0.2) is 0 Å². The zero-order chi connectivity index (χ0) is 7.98. The van der Waals surface area contributed by atoms with E-state index in [1.54, 1.807) is 0 Å². The Bertz CT molecular complexity index is 106. The van der Waals surface area contributed by atoms with Crippen molar-refractivity contribution in [1.29, 1.82) is 5.26 Å². The van der Waals surface area contributed by atoms with E-state index in [1.165, 1.54) is 6.42 Å². The number of nitriles is 1. The molecule has 0 aromatic heterocycles. The van der Waals surface area contributed by atoms with E-state index in [2.05, 4.69) is 13.0 Å². The van der Waals surface area contributed by atoms with E-state index in [4.69, 9.17) is 5.26 Å². The largest absolute Gasteiger partial charge is 0.198 e. The molecule has 0 unspecified atom stereocenters. The maximum atomic E-state index is 8.35. The summed E-state index contributed by atoms with van der Waals surface area (Å²) in [6.45, 7) is 6.19. The fraction of sp³-hybridized carbons (Fsp3) is 0.889. The second kappa shape index (κ2) is 5.29. The minimum atomic E-state index is 0.403. The van der Waals surface area contributed by atoms with Crippen LogP contribution in [0.4, 0.5) is 0 Å². The van der Waals surface area contributed by atoms with Gasteiger partial charge in [0.05, 0.1) is 6.07 Å². The fourth-order valence-electron chi connectivity index (χ4n) is 1.17. The van der Waals surface area contributed by atoms with Crippen molar-refractivity contribution in [1.82, 2.24) is 0 Å². The standard InChI is InChI=1S/C7H11N.C2H6/c1-2-6-3-7(4-6)5-8;1-2/h6-7H,2-4H2,1H3;1-2H3. The van der Waals surface area contributed by atoms with Gasteiger partial charge in [-0.3, -0.25) is 0 Å². The first kappa shape index (κ1) is 9.49. The Hall–Kier alpha value is -0.510. The number of hydrogen-bond acceptors (Lipinski definition) is 1. The Labute approximate surface area is 64.1 Å². The van der Waals surface area contributed by atoms with Crippen LogP contribution in [-0.2, 0) is 0 Å². The molecule has 1 aliphatic carbocycles. The van der Waals surface area contributed by atoms with Crippen molar-refractivity contribution in [2.75, 3.05) is 0 Å². The second-order valence-corrected chi connectivity index (χ2v) is 2.57. The van der Waals surface area contributed by atoms with Gasteiger partial charge in [0.25, 0.3) is 0 Å². The number of rotatable bonds is 1. The van der Waals surface area contributed by atoms with Crippen LogP contribution in [0.2, 0.25) is 0 Å². The van der Waals surface area contributed by atoms with Crippen LogP contribution in [-0.4, -0.2) is 0 Å². The van der Waals surface area contributed by atoms with Gasteiger partial charge in [0.1, 0.15) is 0 Å². The maximum Gasteiger partial charge on any atom is 0.0655 e. The Morgan fingerprint density at radius 1 is 1.40 bits per heavy atom. The minimum absolute atomic E-state index is 0.403. The quantitative estimate of drug-likeness (QED) is 0.548. The van der Waals surface area contributed by atoms with E-state index in [0.29, 0.717) is 5.92 Å². The summed E-state index contributed by atoms with van der Waals surface area (Å²) in [6, 6.07) is 2.27. The van der Waals surface area contributed by atoms with E-state index in [0.717, 1.165) is 18.8 Å². The van der Waals surface area contributed by atoms with Crippen LogP contribution in [0.5, 0.6) is 0 Å². The summed E-state index contributed by atoms with van der Waals surface area (Å²) >= 11 is 0. The average Bonchev–Trinajstić information content (AvgIpc) is 1.91. The van der Waals surface area contributed by atoms with Crippen LogP contribution >= 0.6 is 0 Å². The van der Waals surface area contributed by atoms with Crippen molar-refractivity contribution in [2.45, 2.75) is 40.0 Å². The molecule has 58 valence electrons. The lowest BCUT2D eigenvalue weighted by Gasteiger charge is -2.28. The molecular formula is C9H17N. The molecule has 0 aromatic rings. The molecule has 0 aliphatic heterocycles. The van der Waals surface area contributed by atoms with E-state index >= 15 is 0 Å². The summed E-state index contributed by atoms with van der Waals surface area (Å²) in [5.41, 5.74) is 0. The summed E-state index contributed by atoms with van der Waals surface area (Å²) in [5.74, 6) is 1.28. The Balaban J connectivity index is 0.000000371. The molecule has 0 atom stereocenters. The zero-order valence-corrected chi connectivity index (χ0v) is 7.22. The monoisotopic (exact) mass is 139 g/mol. The highest BCUT2D eigenvalue weighted by atomic mass is 14.4. The molecule has 1 aliphatic rings. The highest BCUT2D eigenvalue weighted by Gasteiger charge is 2.26. The van der Waals surface area contributed by atoms with Crippen molar-refractivity contribution in [3.8, 4) is 6.07 Å². The van der Waals surface area contributed by atoms with Crippen molar-refractivity contribution in [3.63, 3.8) is 0 Å². The van der Waals surface area contributed by atoms with Crippen molar-refractivity contribution in [2.24, 2.45) is 11.8 Å². The molecule has 0 saturated heterocycles. The van der Waals surface area contributed by atoms with Crippen molar-refractivity contribution in [3.05, 3.63) is 0 Å². The van der Waals surface area contributed by atoms with Gasteiger partial charge >= 0.3 is 0 Å². The van der Waals surface area contributed by atoms with Crippen LogP contribution in [0.3, 0.4) is 0 Å². The SMILES string of the molecule is CC.CCC1CC(C#N)C1. The number of nitrogens with zero attached hydrogens (tertiary/aromatic N) is 1. The molecule has 0 N–H and O–H groups in total. The predicted octanol–water partition coefficient (Wildman–Crippen LogP) is 2.97.